The van der Waals surface area contributed by atoms with Crippen LogP contribution in [-0.2, 0) is 10.0 Å². The molecule has 2 aromatic carbocycles. The van der Waals surface area contributed by atoms with Crippen molar-refractivity contribution in [1.82, 2.24) is 0 Å². The lowest BCUT2D eigenvalue weighted by molar-refractivity contribution is -0.0205. The van der Waals surface area contributed by atoms with Crippen LogP contribution in [0.15, 0.2) is 48.5 Å². The highest BCUT2D eigenvalue weighted by Gasteiger charge is 2.37. The number of ether oxygens (including phenoxy) is 1. The number of sulfonamides is 1. The molecule has 1 N–H and O–H groups in total. The lowest BCUT2D eigenvalue weighted by Crippen LogP contribution is -2.32. The Labute approximate surface area is 115 Å². The van der Waals surface area contributed by atoms with Gasteiger partial charge in [-0.25, -0.2) is 0 Å². The van der Waals surface area contributed by atoms with Crippen LogP contribution >= 0.6 is 0 Å². The van der Waals surface area contributed by atoms with Gasteiger partial charge in [-0.1, -0.05) is 36.4 Å². The highest BCUT2D eigenvalue weighted by atomic mass is 32.2. The van der Waals surface area contributed by atoms with E-state index in [1.54, 1.807) is 18.2 Å². The minimum absolute atomic E-state index is 0.286. The summed E-state index contributed by atoms with van der Waals surface area (Å²) in [4.78, 5) is 2.65. The van der Waals surface area contributed by atoms with E-state index < -0.39 is 15.3 Å². The van der Waals surface area contributed by atoms with Crippen molar-refractivity contribution in [2.45, 2.75) is 0 Å². The molecule has 20 heavy (non-hydrogen) atoms. The zero-order valence-corrected chi connectivity index (χ0v) is 11.0. The number of nitrogens with one attached hydrogen (secondary N) is 1. The number of benzene rings is 2. The van der Waals surface area contributed by atoms with E-state index in [2.05, 4.69) is 9.51 Å². The van der Waals surface area contributed by atoms with E-state index >= 15 is 0 Å². The van der Waals surface area contributed by atoms with Crippen LogP contribution in [0.25, 0.3) is 16.7 Å². The minimum atomic E-state index is -3.94. The van der Waals surface area contributed by atoms with Gasteiger partial charge < -0.3 is 10.3 Å². The number of fused-ring (bicyclic) bond motifs is 1. The second kappa shape index (κ2) is 4.48. The van der Waals surface area contributed by atoms with Crippen molar-refractivity contribution in [3.63, 3.8) is 0 Å². The fourth-order valence-corrected chi connectivity index (χ4v) is 2.77. The van der Waals surface area contributed by atoms with Crippen LogP contribution in [0.2, 0.25) is 0 Å². The van der Waals surface area contributed by atoms with Crippen molar-refractivity contribution >= 4 is 20.9 Å². The van der Waals surface area contributed by atoms with E-state index in [0.717, 1.165) is 11.1 Å². The Morgan fingerprint density at radius 3 is 2.50 bits per heavy atom. The fraction of sp³-hybridized carbons (Fsp3) is 0. The Balaban J connectivity index is 2.10. The third-order valence-corrected chi connectivity index (χ3v) is 3.96. The predicted octanol–water partition coefficient (Wildman–Crippen LogP) is 2.07. The Morgan fingerprint density at radius 1 is 1.05 bits per heavy atom. The molecule has 0 bridgehead atoms. The van der Waals surface area contributed by atoms with E-state index in [1.165, 1.54) is 0 Å². The van der Waals surface area contributed by atoms with Gasteiger partial charge in [0.15, 0.2) is 5.75 Å². The molecule has 100 valence electrons. The summed E-state index contributed by atoms with van der Waals surface area (Å²) in [6.07, 6.45) is 0. The van der Waals surface area contributed by atoms with Crippen molar-refractivity contribution in [3.8, 4) is 16.9 Å². The first kappa shape index (κ1) is 12.4. The van der Waals surface area contributed by atoms with E-state index in [-0.39, 0.29) is 5.75 Å². The third-order valence-electron chi connectivity index (χ3n) is 2.84. The molecule has 0 aliphatic carbocycles. The van der Waals surface area contributed by atoms with Crippen LogP contribution in [0.5, 0.6) is 5.75 Å². The SMILES string of the molecule is [N-]=[N+]=C1Oc2cc(-c3ccccc3)ccc2NS1(=O)=O. The lowest BCUT2D eigenvalue weighted by Gasteiger charge is -2.15. The first-order valence-electron chi connectivity index (χ1n) is 5.72. The molecule has 0 fully saturated rings. The van der Waals surface area contributed by atoms with Gasteiger partial charge in [-0.2, -0.15) is 8.42 Å². The number of anilines is 1. The summed E-state index contributed by atoms with van der Waals surface area (Å²) in [5.74, 6) is 0.286. The van der Waals surface area contributed by atoms with E-state index in [0.29, 0.717) is 5.69 Å². The van der Waals surface area contributed by atoms with Gasteiger partial charge in [0.1, 0.15) is 0 Å². The maximum atomic E-state index is 11.6. The molecule has 0 radical (unpaired) electrons. The zero-order valence-electron chi connectivity index (χ0n) is 10.1. The first-order chi connectivity index (χ1) is 9.60. The van der Waals surface area contributed by atoms with Gasteiger partial charge in [0.2, 0.25) is 0 Å². The van der Waals surface area contributed by atoms with Gasteiger partial charge in [-0.05, 0) is 23.3 Å². The van der Waals surface area contributed by atoms with Crippen LogP contribution in [-0.4, -0.2) is 18.4 Å². The smallest absolute Gasteiger partial charge is 0.381 e. The second-order valence-electron chi connectivity index (χ2n) is 4.15. The second-order valence-corrected chi connectivity index (χ2v) is 5.71. The Hall–Kier alpha value is -2.63. The molecule has 2 aromatic rings. The quantitative estimate of drug-likeness (QED) is 0.643. The summed E-state index contributed by atoms with van der Waals surface area (Å²) in [5, 5.41) is -0.768. The molecule has 3 rings (SSSR count). The lowest BCUT2D eigenvalue weighted by atomic mass is 10.1. The topological polar surface area (TPSA) is 91.8 Å². The minimum Gasteiger partial charge on any atom is -0.381 e. The first-order valence-corrected chi connectivity index (χ1v) is 7.21. The third kappa shape index (κ3) is 2.05. The van der Waals surface area contributed by atoms with Crippen LogP contribution in [0.1, 0.15) is 0 Å². The summed E-state index contributed by atoms with van der Waals surface area (Å²) in [6, 6.07) is 14.6. The highest BCUT2D eigenvalue weighted by Crippen LogP contribution is 2.34. The average molecular weight is 287 g/mol. The number of nitrogens with zero attached hydrogens (tertiary/aromatic N) is 2. The number of hydrogen-bond acceptors (Lipinski definition) is 3. The molecule has 1 heterocycles. The average Bonchev–Trinajstić information content (AvgIpc) is 2.46. The summed E-state index contributed by atoms with van der Waals surface area (Å²) < 4.78 is 30.6. The van der Waals surface area contributed by atoms with E-state index in [4.69, 9.17) is 10.3 Å². The molecule has 0 spiro atoms. The van der Waals surface area contributed by atoms with Crippen molar-refractivity contribution < 1.29 is 17.9 Å². The van der Waals surface area contributed by atoms with Crippen molar-refractivity contribution in [1.29, 1.82) is 0 Å². The molecule has 0 amide bonds. The normalized spacial score (nSPS) is 15.5. The van der Waals surface area contributed by atoms with E-state index in [1.807, 2.05) is 30.3 Å². The molecule has 0 unspecified atom stereocenters. The molecule has 1 aliphatic rings. The largest absolute Gasteiger partial charge is 0.595 e. The van der Waals surface area contributed by atoms with Gasteiger partial charge in [-0.3, -0.25) is 4.72 Å². The van der Waals surface area contributed by atoms with Crippen LogP contribution in [0.4, 0.5) is 5.69 Å². The molecular weight excluding hydrogens is 278 g/mol. The summed E-state index contributed by atoms with van der Waals surface area (Å²) in [5.41, 5.74) is 10.8. The monoisotopic (exact) mass is 287 g/mol. The predicted molar refractivity (Wildman–Crippen MR) is 73.7 cm³/mol. The molecule has 0 saturated heterocycles. The molecule has 0 aromatic heterocycles. The van der Waals surface area contributed by atoms with Crippen molar-refractivity contribution in [2.24, 2.45) is 0 Å². The zero-order chi connectivity index (χ0) is 14.2. The Bertz CT molecular complexity index is 825. The van der Waals surface area contributed by atoms with Gasteiger partial charge in [0.25, 0.3) is 0 Å². The molecule has 6 nitrogen and oxygen atoms in total. The maximum absolute atomic E-state index is 11.6. The van der Waals surface area contributed by atoms with Crippen LogP contribution in [0.3, 0.4) is 0 Å². The van der Waals surface area contributed by atoms with Gasteiger partial charge >= 0.3 is 15.3 Å². The molecule has 7 heteroatoms. The van der Waals surface area contributed by atoms with Crippen LogP contribution < -0.4 is 9.46 Å². The Kier molecular flexibility index (Phi) is 2.78. The molecular formula is C13H9N3O3S. The summed E-state index contributed by atoms with van der Waals surface area (Å²) in [6.45, 7) is 0. The van der Waals surface area contributed by atoms with Gasteiger partial charge in [-0.15, -0.1) is 4.79 Å². The van der Waals surface area contributed by atoms with Gasteiger partial charge in [0.05, 0.1) is 5.69 Å². The van der Waals surface area contributed by atoms with Crippen molar-refractivity contribution in [3.05, 3.63) is 54.1 Å². The highest BCUT2D eigenvalue weighted by molar-refractivity contribution is 8.06. The number of hydrogen-bond donors (Lipinski definition) is 1. The van der Waals surface area contributed by atoms with Crippen molar-refractivity contribution in [2.75, 3.05) is 4.72 Å². The van der Waals surface area contributed by atoms with Crippen LogP contribution in [0, 0.1) is 0 Å². The summed E-state index contributed by atoms with van der Waals surface area (Å²) in [7, 11) is -3.94. The molecule has 1 aliphatic heterocycles. The molecule has 0 saturated carbocycles. The number of rotatable bonds is 1. The van der Waals surface area contributed by atoms with E-state index in [9.17, 15) is 8.42 Å². The fourth-order valence-electron chi connectivity index (χ4n) is 1.91. The standard InChI is InChI=1S/C13H9N3O3S/c14-15-13-19-12-8-10(9-4-2-1-3-5-9)6-7-11(12)16-20(13,17)18/h1-8,16H. The summed E-state index contributed by atoms with van der Waals surface area (Å²) >= 11 is 0. The Morgan fingerprint density at radius 2 is 1.80 bits per heavy atom. The van der Waals surface area contributed by atoms with Gasteiger partial charge in [0, 0.05) is 0 Å². The molecule has 0 atom stereocenters. The maximum Gasteiger partial charge on any atom is 0.595 e.